The van der Waals surface area contributed by atoms with Gasteiger partial charge < -0.3 is 14.0 Å². The van der Waals surface area contributed by atoms with E-state index < -0.39 is 0 Å². The molecular formula is C64H44N4. The minimum Gasteiger partial charge on any atom is -0.310 e. The van der Waals surface area contributed by atoms with Gasteiger partial charge in [-0.1, -0.05) is 159 Å². The third kappa shape index (κ3) is 5.58. The monoisotopic (exact) mass is 868 g/mol. The van der Waals surface area contributed by atoms with Crippen molar-refractivity contribution >= 4 is 82.3 Å². The van der Waals surface area contributed by atoms with Crippen LogP contribution in [0.4, 0.5) is 17.1 Å². The van der Waals surface area contributed by atoms with E-state index in [-0.39, 0.29) is 5.41 Å². The highest BCUT2D eigenvalue weighted by molar-refractivity contribution is 6.29. The van der Waals surface area contributed by atoms with Crippen molar-refractivity contribution < 1.29 is 0 Å². The number of anilines is 3. The van der Waals surface area contributed by atoms with E-state index in [0.717, 1.165) is 61.5 Å². The van der Waals surface area contributed by atoms with Gasteiger partial charge in [0, 0.05) is 77.1 Å². The Balaban J connectivity index is 0.977. The zero-order valence-electron chi connectivity index (χ0n) is 37.7. The minimum absolute atomic E-state index is 0.150. The topological polar surface area (TPSA) is 26.0 Å². The molecule has 0 saturated heterocycles. The van der Waals surface area contributed by atoms with E-state index in [2.05, 4.69) is 258 Å². The van der Waals surface area contributed by atoms with Crippen molar-refractivity contribution in [2.24, 2.45) is 0 Å². The molecule has 4 heteroatoms. The Kier molecular flexibility index (Phi) is 8.29. The molecule has 320 valence electrons. The van der Waals surface area contributed by atoms with Gasteiger partial charge >= 0.3 is 0 Å². The van der Waals surface area contributed by atoms with Crippen molar-refractivity contribution in [3.63, 3.8) is 0 Å². The summed E-state index contributed by atoms with van der Waals surface area (Å²) in [6.45, 7) is 4.72. The summed E-state index contributed by atoms with van der Waals surface area (Å²) < 4.78 is 4.81. The lowest BCUT2D eigenvalue weighted by molar-refractivity contribution is 0.660. The molecular weight excluding hydrogens is 825 g/mol. The van der Waals surface area contributed by atoms with Crippen LogP contribution < -0.4 is 4.90 Å². The van der Waals surface area contributed by atoms with Gasteiger partial charge in [-0.3, -0.25) is 0 Å². The third-order valence-corrected chi connectivity index (χ3v) is 14.7. The van der Waals surface area contributed by atoms with Crippen molar-refractivity contribution in [3.8, 4) is 33.8 Å². The standard InChI is InChI=1S/C64H44N4/c1-64(2)54-25-13-9-21-47(54)48-35-33-45(39-55(48)64)66(46-34-36-50-49-22-11-15-27-57(49)68(60(50)40-46)43-19-7-4-8-20-43)44-31-29-41(30-32-44)63-53-37-38-59-62(61(53)51-23-10-14-26-56(51)65-63)52-24-12-16-28-58(52)67(59)42-17-5-3-6-18-42/h3-40H,1-2H3. The quantitative estimate of drug-likeness (QED) is 0.156. The molecule has 0 unspecified atom stereocenters. The molecule has 1 aliphatic carbocycles. The molecule has 14 rings (SSSR count). The van der Waals surface area contributed by atoms with Crippen LogP contribution in [-0.4, -0.2) is 14.1 Å². The Labute approximate surface area is 394 Å². The molecule has 3 aromatic heterocycles. The highest BCUT2D eigenvalue weighted by Crippen LogP contribution is 2.51. The van der Waals surface area contributed by atoms with Crippen molar-refractivity contribution in [3.05, 3.63) is 242 Å². The van der Waals surface area contributed by atoms with Gasteiger partial charge in [0.1, 0.15) is 0 Å². The van der Waals surface area contributed by atoms with Gasteiger partial charge in [-0.15, -0.1) is 0 Å². The second-order valence-corrected chi connectivity index (χ2v) is 18.7. The van der Waals surface area contributed by atoms with Crippen LogP contribution in [0, 0.1) is 0 Å². The number of fused-ring (bicyclic) bond motifs is 13. The van der Waals surface area contributed by atoms with Gasteiger partial charge in [-0.05, 0) is 107 Å². The number of aromatic nitrogens is 3. The van der Waals surface area contributed by atoms with Crippen molar-refractivity contribution in [2.75, 3.05) is 4.90 Å². The number of nitrogens with zero attached hydrogens (tertiary/aromatic N) is 4. The zero-order chi connectivity index (χ0) is 45.1. The molecule has 0 fully saturated rings. The lowest BCUT2D eigenvalue weighted by atomic mass is 9.82. The Hall–Kier alpha value is -8.73. The van der Waals surface area contributed by atoms with Gasteiger partial charge in [0.25, 0.3) is 0 Å². The van der Waals surface area contributed by atoms with E-state index in [0.29, 0.717) is 0 Å². The summed E-state index contributed by atoms with van der Waals surface area (Å²) >= 11 is 0. The van der Waals surface area contributed by atoms with Crippen LogP contribution in [0.15, 0.2) is 231 Å². The van der Waals surface area contributed by atoms with E-state index in [4.69, 9.17) is 4.98 Å². The van der Waals surface area contributed by atoms with Crippen LogP contribution in [0.1, 0.15) is 25.0 Å². The fourth-order valence-corrected chi connectivity index (χ4v) is 11.6. The fourth-order valence-electron chi connectivity index (χ4n) is 11.6. The normalized spacial score (nSPS) is 13.0. The largest absolute Gasteiger partial charge is 0.310 e. The van der Waals surface area contributed by atoms with Crippen molar-refractivity contribution in [2.45, 2.75) is 19.3 Å². The lowest BCUT2D eigenvalue weighted by Gasteiger charge is -2.28. The minimum atomic E-state index is -0.150. The highest BCUT2D eigenvalue weighted by Gasteiger charge is 2.36. The van der Waals surface area contributed by atoms with Crippen molar-refractivity contribution in [1.82, 2.24) is 14.1 Å². The van der Waals surface area contributed by atoms with Gasteiger partial charge in [0.2, 0.25) is 0 Å². The van der Waals surface area contributed by atoms with Crippen LogP contribution in [0.5, 0.6) is 0 Å². The molecule has 0 N–H and O–H groups in total. The second-order valence-electron chi connectivity index (χ2n) is 18.7. The molecule has 4 nitrogen and oxygen atoms in total. The second kappa shape index (κ2) is 14.6. The summed E-state index contributed by atoms with van der Waals surface area (Å²) in [5, 5.41) is 8.46. The van der Waals surface area contributed by atoms with Gasteiger partial charge in [-0.25, -0.2) is 4.98 Å². The first-order valence-corrected chi connectivity index (χ1v) is 23.5. The number of hydrogen-bond donors (Lipinski definition) is 0. The summed E-state index contributed by atoms with van der Waals surface area (Å²) in [6, 6.07) is 84.2. The van der Waals surface area contributed by atoms with Crippen LogP contribution in [0.25, 0.3) is 99.0 Å². The smallest absolute Gasteiger partial charge is 0.0788 e. The molecule has 68 heavy (non-hydrogen) atoms. The lowest BCUT2D eigenvalue weighted by Crippen LogP contribution is -2.16. The summed E-state index contributed by atoms with van der Waals surface area (Å²) in [5.41, 5.74) is 18.5. The Morgan fingerprint density at radius 3 is 1.68 bits per heavy atom. The molecule has 0 radical (unpaired) electrons. The maximum Gasteiger partial charge on any atom is 0.0788 e. The molecule has 1 aliphatic rings. The van der Waals surface area contributed by atoms with E-state index in [1.54, 1.807) is 0 Å². The summed E-state index contributed by atoms with van der Waals surface area (Å²) in [4.78, 5) is 7.90. The number of para-hydroxylation sites is 5. The van der Waals surface area contributed by atoms with Crippen LogP contribution in [0.2, 0.25) is 0 Å². The Morgan fingerprint density at radius 1 is 0.368 bits per heavy atom. The highest BCUT2D eigenvalue weighted by atomic mass is 15.1. The third-order valence-electron chi connectivity index (χ3n) is 14.7. The number of benzene rings is 10. The van der Waals surface area contributed by atoms with Crippen LogP contribution in [0.3, 0.4) is 0 Å². The first-order valence-electron chi connectivity index (χ1n) is 23.5. The number of pyridine rings is 1. The maximum atomic E-state index is 5.46. The van der Waals surface area contributed by atoms with Crippen LogP contribution >= 0.6 is 0 Å². The number of rotatable bonds is 6. The molecule has 13 aromatic rings. The molecule has 10 aromatic carbocycles. The summed E-state index contributed by atoms with van der Waals surface area (Å²) in [6.07, 6.45) is 0. The molecule has 0 spiro atoms. The van der Waals surface area contributed by atoms with Gasteiger partial charge in [0.05, 0.1) is 33.3 Å². The summed E-state index contributed by atoms with van der Waals surface area (Å²) in [7, 11) is 0. The Bertz CT molecular complexity index is 4160. The molecule has 3 heterocycles. The number of hydrogen-bond acceptors (Lipinski definition) is 2. The Morgan fingerprint density at radius 2 is 0.912 bits per heavy atom. The predicted molar refractivity (Wildman–Crippen MR) is 286 cm³/mol. The van der Waals surface area contributed by atoms with E-state index in [1.807, 2.05) is 0 Å². The van der Waals surface area contributed by atoms with Gasteiger partial charge in [0.15, 0.2) is 0 Å². The maximum absolute atomic E-state index is 5.46. The average Bonchev–Trinajstić information content (AvgIpc) is 3.99. The van der Waals surface area contributed by atoms with Crippen molar-refractivity contribution in [1.29, 1.82) is 0 Å². The molecule has 0 amide bonds. The first-order chi connectivity index (χ1) is 33.5. The molecule has 0 bridgehead atoms. The predicted octanol–water partition coefficient (Wildman–Crippen LogP) is 17.0. The first kappa shape index (κ1) is 38.5. The molecule has 0 saturated carbocycles. The van der Waals surface area contributed by atoms with Crippen LogP contribution in [-0.2, 0) is 5.41 Å². The fraction of sp³-hybridized carbons (Fsp3) is 0.0469. The SMILES string of the molecule is CC1(C)c2ccccc2-c2ccc(N(c3ccc(-c4nc5ccccc5c5c4ccc4c5c5ccccc5n4-c4ccccc4)cc3)c3ccc4c5ccccc5n(-c5ccccc5)c4c3)cc21. The summed E-state index contributed by atoms with van der Waals surface area (Å²) in [5.74, 6) is 0. The molecule has 0 atom stereocenters. The average molecular weight is 869 g/mol. The van der Waals surface area contributed by atoms with E-state index in [1.165, 1.54) is 65.7 Å². The van der Waals surface area contributed by atoms with Gasteiger partial charge in [-0.2, -0.15) is 0 Å². The molecule has 0 aliphatic heterocycles. The zero-order valence-corrected chi connectivity index (χ0v) is 37.7. The van der Waals surface area contributed by atoms with E-state index in [9.17, 15) is 0 Å². The van der Waals surface area contributed by atoms with E-state index >= 15 is 0 Å².